The molecular formula is C8H4FNO3. The molecule has 0 amide bonds. The molecule has 5 heteroatoms. The molecule has 0 fully saturated rings. The van der Waals surface area contributed by atoms with Crippen molar-refractivity contribution in [3.63, 3.8) is 0 Å². The molecule has 0 bridgehead atoms. The van der Waals surface area contributed by atoms with Crippen molar-refractivity contribution in [1.29, 1.82) is 0 Å². The highest BCUT2D eigenvalue weighted by molar-refractivity contribution is 5.88. The van der Waals surface area contributed by atoms with Gasteiger partial charge in [-0.2, -0.15) is 0 Å². The summed E-state index contributed by atoms with van der Waals surface area (Å²) in [6.07, 6.45) is 0. The maximum absolute atomic E-state index is 12.7. The molecule has 0 aliphatic rings. The van der Waals surface area contributed by atoms with Crippen LogP contribution in [-0.4, -0.2) is 5.11 Å². The second-order valence-electron chi connectivity index (χ2n) is 2.49. The van der Waals surface area contributed by atoms with Crippen molar-refractivity contribution >= 4 is 16.9 Å². The minimum atomic E-state index is -0.513. The van der Waals surface area contributed by atoms with E-state index in [4.69, 9.17) is 4.42 Å². The summed E-state index contributed by atoms with van der Waals surface area (Å²) in [6.45, 7) is 0. The van der Waals surface area contributed by atoms with Gasteiger partial charge in [0.15, 0.2) is 5.75 Å². The zero-order valence-corrected chi connectivity index (χ0v) is 6.32. The Morgan fingerprint density at radius 3 is 2.92 bits per heavy atom. The third-order valence-corrected chi connectivity index (χ3v) is 1.69. The Morgan fingerprint density at radius 2 is 2.23 bits per heavy atom. The molecular weight excluding hydrogens is 177 g/mol. The molecule has 1 heterocycles. The number of hydrogen-bond acceptors (Lipinski definition) is 4. The molecule has 1 aromatic heterocycles. The zero-order valence-electron chi connectivity index (χ0n) is 6.32. The maximum atomic E-state index is 12.7. The Hall–Kier alpha value is -1.91. The predicted octanol–water partition coefficient (Wildman–Crippen LogP) is 2.68. The van der Waals surface area contributed by atoms with Crippen LogP contribution in [0.25, 0.3) is 11.0 Å². The predicted molar refractivity (Wildman–Crippen MR) is 43.3 cm³/mol. The number of nitrogens with zero attached hydrogens (tertiary/aromatic N) is 1. The van der Waals surface area contributed by atoms with Gasteiger partial charge in [-0.1, -0.05) is 0 Å². The van der Waals surface area contributed by atoms with Crippen molar-refractivity contribution in [3.05, 3.63) is 28.9 Å². The molecule has 2 rings (SSSR count). The van der Waals surface area contributed by atoms with E-state index in [1.165, 1.54) is 12.1 Å². The number of aromatic hydroxyl groups is 1. The van der Waals surface area contributed by atoms with Gasteiger partial charge in [0.2, 0.25) is 0 Å². The summed E-state index contributed by atoms with van der Waals surface area (Å²) in [5.74, 6) is -1.37. The Morgan fingerprint density at radius 1 is 1.46 bits per heavy atom. The molecule has 0 atom stereocenters. The van der Waals surface area contributed by atoms with Crippen LogP contribution in [-0.2, 0) is 0 Å². The Bertz CT molecular complexity index is 477. The van der Waals surface area contributed by atoms with Gasteiger partial charge in [0, 0.05) is 5.18 Å². The van der Waals surface area contributed by atoms with Gasteiger partial charge in [-0.05, 0) is 18.2 Å². The molecule has 1 aromatic carbocycles. The molecule has 1 N–H and O–H groups in total. The average Bonchev–Trinajstić information content (AvgIpc) is 2.44. The van der Waals surface area contributed by atoms with E-state index in [2.05, 4.69) is 5.18 Å². The largest absolute Gasteiger partial charge is 0.502 e. The van der Waals surface area contributed by atoms with Gasteiger partial charge in [0.25, 0.3) is 0 Å². The van der Waals surface area contributed by atoms with E-state index < -0.39 is 17.5 Å². The van der Waals surface area contributed by atoms with Crippen LogP contribution in [0.15, 0.2) is 27.8 Å². The molecule has 2 aromatic rings. The number of furan rings is 1. The van der Waals surface area contributed by atoms with Gasteiger partial charge in [-0.25, -0.2) is 4.39 Å². The van der Waals surface area contributed by atoms with E-state index in [0.29, 0.717) is 0 Å². The number of nitroso groups, excluding NO2 is 1. The van der Waals surface area contributed by atoms with Gasteiger partial charge in [0.1, 0.15) is 11.4 Å². The van der Waals surface area contributed by atoms with Crippen molar-refractivity contribution in [2.45, 2.75) is 0 Å². The topological polar surface area (TPSA) is 62.8 Å². The van der Waals surface area contributed by atoms with E-state index >= 15 is 0 Å². The van der Waals surface area contributed by atoms with E-state index in [1.807, 2.05) is 0 Å². The van der Waals surface area contributed by atoms with Crippen LogP contribution >= 0.6 is 0 Å². The van der Waals surface area contributed by atoms with Gasteiger partial charge in [-0.15, -0.1) is 4.91 Å². The van der Waals surface area contributed by atoms with Crippen molar-refractivity contribution in [1.82, 2.24) is 0 Å². The molecule has 0 spiro atoms. The molecule has 13 heavy (non-hydrogen) atoms. The van der Waals surface area contributed by atoms with E-state index in [9.17, 15) is 14.4 Å². The maximum Gasteiger partial charge on any atom is 0.304 e. The number of hydrogen-bond donors (Lipinski definition) is 1. The molecule has 66 valence electrons. The van der Waals surface area contributed by atoms with Crippen molar-refractivity contribution < 1.29 is 13.9 Å². The SMILES string of the molecule is O=Nc1oc2ccc(F)cc2c1O. The zero-order chi connectivity index (χ0) is 9.42. The summed E-state index contributed by atoms with van der Waals surface area (Å²) >= 11 is 0. The Labute approximate surface area is 71.6 Å². The van der Waals surface area contributed by atoms with Gasteiger partial charge < -0.3 is 9.52 Å². The Balaban J connectivity index is 2.84. The highest BCUT2D eigenvalue weighted by Crippen LogP contribution is 2.37. The van der Waals surface area contributed by atoms with Crippen LogP contribution < -0.4 is 0 Å². The quantitative estimate of drug-likeness (QED) is 0.688. The summed E-state index contributed by atoms with van der Waals surface area (Å²) < 4.78 is 17.5. The lowest BCUT2D eigenvalue weighted by molar-refractivity contribution is 0.469. The molecule has 0 aliphatic heterocycles. The summed E-state index contributed by atoms with van der Waals surface area (Å²) in [5.41, 5.74) is 0.230. The Kier molecular flexibility index (Phi) is 1.51. The molecule has 0 radical (unpaired) electrons. The fraction of sp³-hybridized carbons (Fsp3) is 0. The van der Waals surface area contributed by atoms with Crippen LogP contribution in [0.2, 0.25) is 0 Å². The number of halogens is 1. The summed E-state index contributed by atoms with van der Waals surface area (Å²) in [5, 5.41) is 11.9. The van der Waals surface area contributed by atoms with Crippen molar-refractivity contribution in [2.75, 3.05) is 0 Å². The van der Waals surface area contributed by atoms with E-state index in [1.54, 1.807) is 0 Å². The summed E-state index contributed by atoms with van der Waals surface area (Å²) in [4.78, 5) is 10.1. The standard InChI is InChI=1S/C8H4FNO3/c9-4-1-2-6-5(3-4)7(11)8(10-12)13-6/h1-3,11H. The molecule has 4 nitrogen and oxygen atoms in total. The fourth-order valence-corrected chi connectivity index (χ4v) is 1.11. The smallest absolute Gasteiger partial charge is 0.304 e. The number of fused-ring (bicyclic) bond motifs is 1. The molecule has 0 saturated carbocycles. The van der Waals surface area contributed by atoms with E-state index in [0.717, 1.165) is 6.07 Å². The fourth-order valence-electron chi connectivity index (χ4n) is 1.11. The van der Waals surface area contributed by atoms with Crippen molar-refractivity contribution in [3.8, 4) is 5.75 Å². The van der Waals surface area contributed by atoms with Crippen LogP contribution in [0, 0.1) is 10.7 Å². The number of rotatable bonds is 1. The van der Waals surface area contributed by atoms with Crippen LogP contribution in [0.4, 0.5) is 10.3 Å². The second-order valence-corrected chi connectivity index (χ2v) is 2.49. The van der Waals surface area contributed by atoms with Crippen molar-refractivity contribution in [2.24, 2.45) is 5.18 Å². The minimum absolute atomic E-state index is 0.148. The number of benzene rings is 1. The van der Waals surface area contributed by atoms with Gasteiger partial charge in [-0.3, -0.25) is 0 Å². The van der Waals surface area contributed by atoms with Gasteiger partial charge >= 0.3 is 5.88 Å². The summed E-state index contributed by atoms with van der Waals surface area (Å²) in [7, 11) is 0. The molecule has 0 aliphatic carbocycles. The molecule has 0 unspecified atom stereocenters. The van der Waals surface area contributed by atoms with Crippen LogP contribution in [0.5, 0.6) is 5.75 Å². The summed E-state index contributed by atoms with van der Waals surface area (Å²) in [6, 6.07) is 3.56. The first-order valence-electron chi connectivity index (χ1n) is 3.47. The van der Waals surface area contributed by atoms with E-state index in [-0.39, 0.29) is 11.0 Å². The third-order valence-electron chi connectivity index (χ3n) is 1.69. The minimum Gasteiger partial charge on any atom is -0.502 e. The monoisotopic (exact) mass is 181 g/mol. The first-order valence-corrected chi connectivity index (χ1v) is 3.47. The normalized spacial score (nSPS) is 10.5. The third kappa shape index (κ3) is 1.05. The lowest BCUT2D eigenvalue weighted by Gasteiger charge is -1.87. The molecule has 0 saturated heterocycles. The first kappa shape index (κ1) is 7.72. The van der Waals surface area contributed by atoms with Crippen LogP contribution in [0.3, 0.4) is 0 Å². The van der Waals surface area contributed by atoms with Crippen LogP contribution in [0.1, 0.15) is 0 Å². The lowest BCUT2D eigenvalue weighted by atomic mass is 10.2. The second kappa shape index (κ2) is 2.55. The highest BCUT2D eigenvalue weighted by Gasteiger charge is 2.13. The lowest BCUT2D eigenvalue weighted by Crippen LogP contribution is -1.70. The van der Waals surface area contributed by atoms with Gasteiger partial charge in [0.05, 0.1) is 5.39 Å². The first-order chi connectivity index (χ1) is 6.22. The average molecular weight is 181 g/mol. The highest BCUT2D eigenvalue weighted by atomic mass is 19.1.